The fraction of sp³-hybridized carbons (Fsp3) is 0.391. The fourth-order valence-corrected chi connectivity index (χ4v) is 3.80. The largest absolute Gasteiger partial charge is 0.507 e. The summed E-state index contributed by atoms with van der Waals surface area (Å²) >= 11 is 0. The van der Waals surface area contributed by atoms with Crippen molar-refractivity contribution in [3.8, 4) is 17.2 Å². The first-order chi connectivity index (χ1) is 13.7. The molecule has 0 atom stereocenters. The standard InChI is InChI=1S/C23H30N2O3/c1-4-8-18-15-20(27-3)16-19(23(18)26)17-24-11-13-25(14-12-24)21-9-6-7-10-22(21)28-5-2/h4,6-7,9-10,15-16,26H,1,5,8,11-14,17H2,2-3H3/p+1. The number of piperazine rings is 1. The van der Waals surface area contributed by atoms with E-state index >= 15 is 0 Å². The van der Waals surface area contributed by atoms with Crippen molar-refractivity contribution >= 4 is 5.69 Å². The van der Waals surface area contributed by atoms with Gasteiger partial charge in [-0.15, -0.1) is 6.58 Å². The van der Waals surface area contributed by atoms with Crippen LogP contribution in [0.4, 0.5) is 5.69 Å². The van der Waals surface area contributed by atoms with Gasteiger partial charge in [-0.3, -0.25) is 0 Å². The molecule has 0 saturated carbocycles. The number of aromatic hydroxyl groups is 1. The molecule has 3 rings (SSSR count). The highest BCUT2D eigenvalue weighted by Gasteiger charge is 2.24. The molecular weight excluding hydrogens is 352 g/mol. The maximum absolute atomic E-state index is 10.7. The van der Waals surface area contributed by atoms with E-state index < -0.39 is 0 Å². The Kier molecular flexibility index (Phi) is 6.82. The number of allylic oxidation sites excluding steroid dienone is 1. The van der Waals surface area contributed by atoms with Crippen LogP contribution in [0.2, 0.25) is 0 Å². The summed E-state index contributed by atoms with van der Waals surface area (Å²) in [6.07, 6.45) is 2.44. The van der Waals surface area contributed by atoms with Gasteiger partial charge in [-0.05, 0) is 37.6 Å². The average Bonchev–Trinajstić information content (AvgIpc) is 2.72. The van der Waals surface area contributed by atoms with E-state index in [1.165, 1.54) is 10.6 Å². The van der Waals surface area contributed by atoms with Crippen LogP contribution in [0, 0.1) is 0 Å². The molecule has 5 nitrogen and oxygen atoms in total. The van der Waals surface area contributed by atoms with Gasteiger partial charge in [-0.1, -0.05) is 18.2 Å². The minimum Gasteiger partial charge on any atom is -0.507 e. The van der Waals surface area contributed by atoms with Gasteiger partial charge in [0.1, 0.15) is 23.8 Å². The first kappa shape index (κ1) is 20.1. The quantitative estimate of drug-likeness (QED) is 0.688. The number of nitrogens with zero attached hydrogens (tertiary/aromatic N) is 1. The number of nitrogens with one attached hydrogen (secondary N) is 1. The number of methoxy groups -OCH3 is 1. The van der Waals surface area contributed by atoms with Gasteiger partial charge in [-0.2, -0.15) is 0 Å². The maximum Gasteiger partial charge on any atom is 0.142 e. The number of rotatable bonds is 8. The predicted octanol–water partition coefficient (Wildman–Crippen LogP) is 2.43. The number of hydrogen-bond acceptors (Lipinski definition) is 4. The molecule has 0 aromatic heterocycles. The van der Waals surface area contributed by atoms with Crippen LogP contribution in [0.25, 0.3) is 0 Å². The van der Waals surface area contributed by atoms with Crippen molar-refractivity contribution in [1.82, 2.24) is 0 Å². The molecule has 0 bridgehead atoms. The normalized spacial score (nSPS) is 14.7. The van der Waals surface area contributed by atoms with E-state index in [0.29, 0.717) is 18.8 Å². The summed E-state index contributed by atoms with van der Waals surface area (Å²) in [7, 11) is 1.66. The molecule has 1 aliphatic rings. The highest BCUT2D eigenvalue weighted by atomic mass is 16.5. The number of phenolic OH excluding ortho intramolecular Hbond substituents is 1. The molecule has 0 amide bonds. The molecule has 2 N–H and O–H groups in total. The minimum atomic E-state index is 0.373. The Morgan fingerprint density at radius 2 is 1.89 bits per heavy atom. The Morgan fingerprint density at radius 1 is 1.18 bits per heavy atom. The number of ether oxygens (including phenoxy) is 2. The van der Waals surface area contributed by atoms with E-state index in [9.17, 15) is 5.11 Å². The van der Waals surface area contributed by atoms with Crippen molar-refractivity contribution in [2.45, 2.75) is 19.9 Å². The molecule has 0 radical (unpaired) electrons. The summed E-state index contributed by atoms with van der Waals surface area (Å²) in [5, 5.41) is 10.7. The summed E-state index contributed by atoms with van der Waals surface area (Å²) < 4.78 is 11.2. The van der Waals surface area contributed by atoms with Gasteiger partial charge in [0.05, 0.1) is 51.1 Å². The van der Waals surface area contributed by atoms with E-state index in [4.69, 9.17) is 9.47 Å². The third kappa shape index (κ3) is 4.60. The zero-order chi connectivity index (χ0) is 19.9. The van der Waals surface area contributed by atoms with E-state index in [0.717, 1.165) is 55.3 Å². The molecule has 28 heavy (non-hydrogen) atoms. The van der Waals surface area contributed by atoms with Gasteiger partial charge in [-0.25, -0.2) is 0 Å². The Labute approximate surface area is 167 Å². The first-order valence-corrected chi connectivity index (χ1v) is 9.96. The number of benzene rings is 2. The van der Waals surface area contributed by atoms with Gasteiger partial charge in [0, 0.05) is 5.56 Å². The SMILES string of the molecule is C=CCc1cc(OC)cc(C[NH+]2CCN(c3ccccc3OCC)CC2)c1O. The van der Waals surface area contributed by atoms with E-state index in [-0.39, 0.29) is 0 Å². The lowest BCUT2D eigenvalue weighted by molar-refractivity contribution is -0.914. The summed E-state index contributed by atoms with van der Waals surface area (Å²) in [4.78, 5) is 3.85. The second-order valence-electron chi connectivity index (χ2n) is 7.10. The molecular formula is C23H31N2O3+. The van der Waals surface area contributed by atoms with Crippen molar-refractivity contribution in [3.63, 3.8) is 0 Å². The van der Waals surface area contributed by atoms with Crippen LogP contribution in [0.1, 0.15) is 18.1 Å². The Morgan fingerprint density at radius 3 is 2.57 bits per heavy atom. The van der Waals surface area contributed by atoms with Gasteiger partial charge in [0.15, 0.2) is 0 Å². The molecule has 5 heteroatoms. The Balaban J connectivity index is 1.68. The van der Waals surface area contributed by atoms with Gasteiger partial charge in [0.2, 0.25) is 0 Å². The summed E-state index contributed by atoms with van der Waals surface area (Å²) in [6.45, 7) is 11.2. The number of phenols is 1. The lowest BCUT2D eigenvalue weighted by atomic mass is 10.0. The molecule has 1 heterocycles. The molecule has 1 fully saturated rings. The first-order valence-electron chi connectivity index (χ1n) is 9.96. The third-order valence-electron chi connectivity index (χ3n) is 5.26. The van der Waals surface area contributed by atoms with Crippen LogP contribution in [-0.4, -0.2) is 45.0 Å². The zero-order valence-corrected chi connectivity index (χ0v) is 16.9. The lowest BCUT2D eigenvalue weighted by Crippen LogP contribution is -3.13. The topological polar surface area (TPSA) is 46.4 Å². The summed E-state index contributed by atoms with van der Waals surface area (Å²) in [5.74, 6) is 2.11. The van der Waals surface area contributed by atoms with E-state index in [1.54, 1.807) is 13.2 Å². The number of quaternary nitrogens is 1. The molecule has 2 aromatic carbocycles. The second-order valence-corrected chi connectivity index (χ2v) is 7.10. The summed E-state index contributed by atoms with van der Waals surface area (Å²) in [6, 6.07) is 12.1. The number of anilines is 1. The van der Waals surface area contributed by atoms with Crippen LogP contribution >= 0.6 is 0 Å². The van der Waals surface area contributed by atoms with Crippen LogP contribution < -0.4 is 19.3 Å². The zero-order valence-electron chi connectivity index (χ0n) is 16.9. The van der Waals surface area contributed by atoms with E-state index in [1.807, 2.05) is 31.2 Å². The minimum absolute atomic E-state index is 0.373. The van der Waals surface area contributed by atoms with Crippen molar-refractivity contribution in [1.29, 1.82) is 0 Å². The lowest BCUT2D eigenvalue weighted by Gasteiger charge is -2.34. The smallest absolute Gasteiger partial charge is 0.142 e. The average molecular weight is 384 g/mol. The maximum atomic E-state index is 10.7. The molecule has 150 valence electrons. The Hall–Kier alpha value is -2.66. The van der Waals surface area contributed by atoms with Gasteiger partial charge >= 0.3 is 0 Å². The fourth-order valence-electron chi connectivity index (χ4n) is 3.80. The van der Waals surface area contributed by atoms with Crippen molar-refractivity contribution in [2.24, 2.45) is 0 Å². The van der Waals surface area contributed by atoms with Gasteiger partial charge in [0.25, 0.3) is 0 Å². The number of para-hydroxylation sites is 2. The third-order valence-corrected chi connectivity index (χ3v) is 5.26. The molecule has 1 aliphatic heterocycles. The van der Waals surface area contributed by atoms with Crippen molar-refractivity contribution in [2.75, 3.05) is 44.8 Å². The molecule has 2 aromatic rings. The molecule has 0 spiro atoms. The Bertz CT molecular complexity index is 798. The highest BCUT2D eigenvalue weighted by molar-refractivity contribution is 5.58. The van der Waals surface area contributed by atoms with Crippen LogP contribution in [0.5, 0.6) is 17.2 Å². The second kappa shape index (κ2) is 9.51. The number of hydrogen-bond donors (Lipinski definition) is 2. The van der Waals surface area contributed by atoms with Crippen LogP contribution in [0.15, 0.2) is 49.1 Å². The van der Waals surface area contributed by atoms with E-state index in [2.05, 4.69) is 23.6 Å². The van der Waals surface area contributed by atoms with Crippen LogP contribution in [0.3, 0.4) is 0 Å². The molecule has 0 unspecified atom stereocenters. The predicted molar refractivity (Wildman–Crippen MR) is 113 cm³/mol. The summed E-state index contributed by atoms with van der Waals surface area (Å²) in [5.41, 5.74) is 2.98. The van der Waals surface area contributed by atoms with Crippen LogP contribution in [-0.2, 0) is 13.0 Å². The van der Waals surface area contributed by atoms with Crippen molar-refractivity contribution < 1.29 is 19.5 Å². The van der Waals surface area contributed by atoms with Crippen molar-refractivity contribution in [3.05, 3.63) is 60.2 Å². The highest BCUT2D eigenvalue weighted by Crippen LogP contribution is 2.29. The van der Waals surface area contributed by atoms with Gasteiger partial charge < -0.3 is 24.4 Å². The molecule has 1 saturated heterocycles. The molecule has 0 aliphatic carbocycles. The monoisotopic (exact) mass is 383 g/mol.